The van der Waals surface area contributed by atoms with Crippen molar-refractivity contribution in [3.8, 4) is 11.8 Å². The van der Waals surface area contributed by atoms with Crippen LogP contribution >= 0.6 is 0 Å². The quantitative estimate of drug-likeness (QED) is 0.222. The second-order valence-corrected chi connectivity index (χ2v) is 9.91. The summed E-state index contributed by atoms with van der Waals surface area (Å²) in [5, 5.41) is 0. The largest absolute Gasteiger partial charge is 0.248 e. The number of benzene rings is 2. The smallest absolute Gasteiger partial charge is 0.207 e. The molecule has 0 N–H and O–H groups in total. The van der Waals surface area contributed by atoms with Gasteiger partial charge in [-0.25, -0.2) is 13.2 Å². The van der Waals surface area contributed by atoms with Crippen molar-refractivity contribution in [3.63, 3.8) is 0 Å². The first-order chi connectivity index (χ1) is 17.0. The molecule has 0 spiro atoms. The maximum Gasteiger partial charge on any atom is 0.248 e. The van der Waals surface area contributed by atoms with Crippen LogP contribution in [0.25, 0.3) is 6.08 Å². The summed E-state index contributed by atoms with van der Waals surface area (Å²) in [6.45, 7) is 2.24. The molecule has 2 aromatic rings. The molecular weight excluding hydrogens is 441 g/mol. The Bertz CT molecular complexity index is 982. The zero-order valence-corrected chi connectivity index (χ0v) is 21.1. The van der Waals surface area contributed by atoms with E-state index in [4.69, 9.17) is 0 Å². The van der Waals surface area contributed by atoms with Gasteiger partial charge in [0, 0.05) is 18.4 Å². The summed E-state index contributed by atoms with van der Waals surface area (Å²) in [6.07, 6.45) is 16.6. The summed E-state index contributed by atoms with van der Waals surface area (Å²) in [6, 6.07) is 12.9. The molecule has 0 amide bonds. The van der Waals surface area contributed by atoms with E-state index >= 15 is 0 Å². The van der Waals surface area contributed by atoms with E-state index in [1.54, 1.807) is 6.07 Å². The van der Waals surface area contributed by atoms with Gasteiger partial charge in [-0.3, -0.25) is 0 Å². The van der Waals surface area contributed by atoms with E-state index in [2.05, 4.69) is 24.8 Å². The van der Waals surface area contributed by atoms with Gasteiger partial charge in [-0.2, -0.15) is 0 Å². The number of halogens is 3. The number of allylic oxidation sites excluding steroid dienone is 1. The van der Waals surface area contributed by atoms with Gasteiger partial charge < -0.3 is 0 Å². The molecule has 0 saturated heterocycles. The van der Waals surface area contributed by atoms with Crippen LogP contribution in [0, 0.1) is 17.7 Å². The maximum atomic E-state index is 14.5. The number of rotatable bonds is 11. The molecule has 0 aromatic heterocycles. The monoisotopic (exact) mass is 480 g/mol. The van der Waals surface area contributed by atoms with Gasteiger partial charge in [-0.05, 0) is 67.0 Å². The molecule has 0 nitrogen and oxygen atoms in total. The highest BCUT2D eigenvalue weighted by Gasteiger charge is 2.35. The van der Waals surface area contributed by atoms with Crippen LogP contribution in [0.15, 0.2) is 48.5 Å². The highest BCUT2D eigenvalue weighted by molar-refractivity contribution is 5.53. The van der Waals surface area contributed by atoms with Crippen molar-refractivity contribution in [1.29, 1.82) is 0 Å². The van der Waals surface area contributed by atoms with Crippen LogP contribution < -0.4 is 0 Å². The zero-order valence-electron chi connectivity index (χ0n) is 21.1. The minimum atomic E-state index is -2.51. The lowest BCUT2D eigenvalue weighted by Crippen LogP contribution is -2.23. The van der Waals surface area contributed by atoms with Crippen molar-refractivity contribution < 1.29 is 13.2 Å². The molecule has 1 saturated carbocycles. The minimum Gasteiger partial charge on any atom is -0.207 e. The van der Waals surface area contributed by atoms with Gasteiger partial charge in [-0.1, -0.05) is 94.1 Å². The predicted octanol–water partition coefficient (Wildman–Crippen LogP) is 10.1. The lowest BCUT2D eigenvalue weighted by Gasteiger charge is -2.28. The molecule has 0 unspecified atom stereocenters. The van der Waals surface area contributed by atoms with Crippen molar-refractivity contribution in [2.45, 2.75) is 102 Å². The Balaban J connectivity index is 1.44. The average Bonchev–Trinajstić information content (AvgIpc) is 2.85. The minimum absolute atomic E-state index is 0.0388. The highest BCUT2D eigenvalue weighted by atomic mass is 19.3. The molecular formula is C32H39F3. The van der Waals surface area contributed by atoms with Crippen LogP contribution in [0.3, 0.4) is 0 Å². The van der Waals surface area contributed by atoms with E-state index in [1.165, 1.54) is 57.4 Å². The van der Waals surface area contributed by atoms with E-state index in [-0.39, 0.29) is 24.6 Å². The van der Waals surface area contributed by atoms with Crippen LogP contribution in [0.1, 0.15) is 119 Å². The van der Waals surface area contributed by atoms with E-state index in [1.807, 2.05) is 36.4 Å². The molecule has 0 radical (unpaired) electrons. The van der Waals surface area contributed by atoms with Crippen molar-refractivity contribution in [3.05, 3.63) is 76.6 Å². The molecule has 35 heavy (non-hydrogen) atoms. The van der Waals surface area contributed by atoms with E-state index in [0.29, 0.717) is 18.4 Å². The first-order valence-electron chi connectivity index (χ1n) is 13.4. The molecule has 0 bridgehead atoms. The summed E-state index contributed by atoms with van der Waals surface area (Å²) in [4.78, 5) is 0. The van der Waals surface area contributed by atoms with Crippen LogP contribution in [-0.2, 0) is 0 Å². The molecule has 2 aromatic carbocycles. The fourth-order valence-electron chi connectivity index (χ4n) is 4.70. The second-order valence-electron chi connectivity index (χ2n) is 9.91. The van der Waals surface area contributed by atoms with Gasteiger partial charge in [-0.15, -0.1) is 0 Å². The van der Waals surface area contributed by atoms with Crippen molar-refractivity contribution in [2.75, 3.05) is 0 Å². The molecule has 1 fully saturated rings. The van der Waals surface area contributed by atoms with Gasteiger partial charge in [0.1, 0.15) is 5.82 Å². The van der Waals surface area contributed by atoms with Gasteiger partial charge in [0.25, 0.3) is 0 Å². The van der Waals surface area contributed by atoms with Gasteiger partial charge >= 0.3 is 0 Å². The lowest BCUT2D eigenvalue weighted by molar-refractivity contribution is -0.0382. The standard InChI is InChI=1S/C32H39F3/c1-2-3-4-5-6-7-8-9-10-11-12-27-16-20-30(31(33)25-27)19-15-26-13-17-28(18-14-26)29-21-23-32(34,35)24-22-29/h11-14,16-18,20,25,29H,2-10,21-24H2,1H3/b12-11+. The SMILES string of the molecule is CCCCCCCCCC/C=C/c1ccc(C#Cc2ccc(C3CCC(F)(F)CC3)cc2)c(F)c1. The Morgan fingerprint density at radius 1 is 0.857 bits per heavy atom. The fraction of sp³-hybridized carbons (Fsp3) is 0.500. The zero-order chi connectivity index (χ0) is 24.9. The Morgan fingerprint density at radius 3 is 2.17 bits per heavy atom. The van der Waals surface area contributed by atoms with Gasteiger partial charge in [0.05, 0.1) is 5.56 Å². The molecule has 0 aliphatic heterocycles. The molecule has 0 atom stereocenters. The topological polar surface area (TPSA) is 0 Å². The fourth-order valence-corrected chi connectivity index (χ4v) is 4.70. The molecule has 1 aliphatic rings. The summed E-state index contributed by atoms with van der Waals surface area (Å²) in [5.74, 6) is 3.31. The third-order valence-corrected chi connectivity index (χ3v) is 6.97. The molecule has 3 heteroatoms. The highest BCUT2D eigenvalue weighted by Crippen LogP contribution is 2.40. The van der Waals surface area contributed by atoms with Gasteiger partial charge in [0.15, 0.2) is 0 Å². The second kappa shape index (κ2) is 14.2. The first kappa shape index (κ1) is 27.1. The number of hydrogen-bond acceptors (Lipinski definition) is 0. The van der Waals surface area contributed by atoms with Crippen molar-refractivity contribution in [1.82, 2.24) is 0 Å². The summed E-state index contributed by atoms with van der Waals surface area (Å²) >= 11 is 0. The molecule has 1 aliphatic carbocycles. The number of alkyl halides is 2. The van der Waals surface area contributed by atoms with Crippen LogP contribution in [0.4, 0.5) is 13.2 Å². The first-order valence-corrected chi connectivity index (χ1v) is 13.4. The third kappa shape index (κ3) is 9.60. The third-order valence-electron chi connectivity index (χ3n) is 6.97. The van der Waals surface area contributed by atoms with Crippen molar-refractivity contribution >= 4 is 6.08 Å². The molecule has 188 valence electrons. The van der Waals surface area contributed by atoms with Gasteiger partial charge in [0.2, 0.25) is 5.92 Å². The maximum absolute atomic E-state index is 14.5. The Hall–Kier alpha value is -2.47. The Kier molecular flexibility index (Phi) is 11.0. The number of hydrogen-bond donors (Lipinski definition) is 0. The number of unbranched alkanes of at least 4 members (excludes halogenated alkanes) is 8. The summed E-state index contributed by atoms with van der Waals surface area (Å²) < 4.78 is 41.3. The van der Waals surface area contributed by atoms with Crippen molar-refractivity contribution in [2.24, 2.45) is 0 Å². The van der Waals surface area contributed by atoms with Crippen LogP contribution in [0.2, 0.25) is 0 Å². The lowest BCUT2D eigenvalue weighted by atomic mass is 9.82. The average molecular weight is 481 g/mol. The summed E-state index contributed by atoms with van der Waals surface area (Å²) in [5.41, 5.74) is 3.11. The summed E-state index contributed by atoms with van der Waals surface area (Å²) in [7, 11) is 0. The normalized spacial score (nSPS) is 15.8. The molecule has 0 heterocycles. The Labute approximate surface area is 210 Å². The predicted molar refractivity (Wildman–Crippen MR) is 141 cm³/mol. The Morgan fingerprint density at radius 2 is 1.51 bits per heavy atom. The van der Waals surface area contributed by atoms with E-state index in [9.17, 15) is 13.2 Å². The van der Waals surface area contributed by atoms with Crippen LogP contribution in [0.5, 0.6) is 0 Å². The molecule has 3 rings (SSSR count). The van der Waals surface area contributed by atoms with E-state index < -0.39 is 5.92 Å². The van der Waals surface area contributed by atoms with E-state index in [0.717, 1.165) is 23.1 Å². The van der Waals surface area contributed by atoms with Crippen LogP contribution in [-0.4, -0.2) is 5.92 Å².